The van der Waals surface area contributed by atoms with Crippen LogP contribution >= 0.6 is 54.5 Å². The number of nitrogens with one attached hydrogen (secondary N) is 1. The lowest BCUT2D eigenvalue weighted by molar-refractivity contribution is 0.437. The lowest BCUT2D eigenvalue weighted by atomic mass is 10.0. The summed E-state index contributed by atoms with van der Waals surface area (Å²) in [6.07, 6.45) is 0. The molecule has 0 aliphatic heterocycles. The van der Waals surface area contributed by atoms with Gasteiger partial charge in [-0.25, -0.2) is 0 Å². The largest absolute Gasteiger partial charge is 0.452 e. The van der Waals surface area contributed by atoms with Crippen molar-refractivity contribution in [3.8, 4) is 0 Å². The molecule has 0 bridgehead atoms. The summed E-state index contributed by atoms with van der Waals surface area (Å²) in [5.74, 6) is 0.909. The molecule has 0 fully saturated rings. The van der Waals surface area contributed by atoms with Crippen molar-refractivity contribution < 1.29 is 4.42 Å². The molecule has 2 nitrogen and oxygen atoms in total. The fourth-order valence-electron chi connectivity index (χ4n) is 1.79. The molecule has 18 heavy (non-hydrogen) atoms. The van der Waals surface area contributed by atoms with Gasteiger partial charge in [0.1, 0.15) is 5.76 Å². The minimum atomic E-state index is 0.0605. The molecule has 1 atom stereocenters. The highest BCUT2D eigenvalue weighted by atomic mass is 127. The maximum absolute atomic E-state index is 5.68. The van der Waals surface area contributed by atoms with Gasteiger partial charge in [-0.2, -0.15) is 0 Å². The number of rotatable bonds is 4. The van der Waals surface area contributed by atoms with Gasteiger partial charge in [0.2, 0.25) is 0 Å². The summed E-state index contributed by atoms with van der Waals surface area (Å²) in [6, 6.07) is 10.3. The van der Waals surface area contributed by atoms with E-state index in [4.69, 9.17) is 4.42 Å². The number of furan rings is 1. The van der Waals surface area contributed by atoms with Crippen LogP contribution in [0.5, 0.6) is 0 Å². The van der Waals surface area contributed by atoms with Crippen LogP contribution in [-0.2, 0) is 0 Å². The van der Waals surface area contributed by atoms with Crippen molar-refractivity contribution in [1.82, 2.24) is 5.32 Å². The minimum Gasteiger partial charge on any atom is -0.452 e. The lowest BCUT2D eigenvalue weighted by Crippen LogP contribution is -2.22. The van der Waals surface area contributed by atoms with E-state index in [-0.39, 0.29) is 6.04 Å². The fraction of sp³-hybridized carbons (Fsp3) is 0.231. The van der Waals surface area contributed by atoms with E-state index in [0.717, 1.165) is 21.4 Å². The van der Waals surface area contributed by atoms with E-state index in [9.17, 15) is 0 Å². The van der Waals surface area contributed by atoms with Crippen LogP contribution in [0.4, 0.5) is 0 Å². The monoisotopic (exact) mass is 483 g/mol. The molecule has 0 aliphatic carbocycles. The number of benzene rings is 1. The van der Waals surface area contributed by atoms with Crippen LogP contribution in [0.2, 0.25) is 0 Å². The molecule has 2 aromatic rings. The van der Waals surface area contributed by atoms with Crippen LogP contribution < -0.4 is 5.32 Å². The molecule has 1 aromatic heterocycles. The number of hydrogen-bond acceptors (Lipinski definition) is 2. The molecule has 96 valence electrons. The van der Waals surface area contributed by atoms with Crippen molar-refractivity contribution in [2.24, 2.45) is 0 Å². The van der Waals surface area contributed by atoms with Crippen molar-refractivity contribution in [2.45, 2.75) is 13.0 Å². The molecule has 0 spiro atoms. The average molecular weight is 485 g/mol. The van der Waals surface area contributed by atoms with Gasteiger partial charge in [-0.1, -0.05) is 22.9 Å². The van der Waals surface area contributed by atoms with Crippen LogP contribution in [0.3, 0.4) is 0 Å². The van der Waals surface area contributed by atoms with E-state index in [2.05, 4.69) is 84.9 Å². The molecule has 0 radical (unpaired) electrons. The topological polar surface area (TPSA) is 25.2 Å². The summed E-state index contributed by atoms with van der Waals surface area (Å²) in [5.41, 5.74) is 1.19. The highest BCUT2D eigenvalue weighted by Crippen LogP contribution is 2.31. The van der Waals surface area contributed by atoms with Crippen molar-refractivity contribution >= 4 is 54.5 Å². The van der Waals surface area contributed by atoms with Gasteiger partial charge < -0.3 is 9.73 Å². The molecule has 0 saturated carbocycles. The summed E-state index contributed by atoms with van der Waals surface area (Å²) in [5, 5.41) is 3.45. The normalized spacial score (nSPS) is 12.7. The van der Waals surface area contributed by atoms with Crippen LogP contribution in [-0.4, -0.2) is 6.54 Å². The van der Waals surface area contributed by atoms with Gasteiger partial charge >= 0.3 is 0 Å². The first-order valence-electron chi connectivity index (χ1n) is 5.55. The van der Waals surface area contributed by atoms with E-state index in [1.165, 1.54) is 9.13 Å². The second-order valence-electron chi connectivity index (χ2n) is 3.80. The minimum absolute atomic E-state index is 0.0605. The van der Waals surface area contributed by atoms with E-state index in [0.29, 0.717) is 0 Å². The molecule has 5 heteroatoms. The molecule has 1 unspecified atom stereocenters. The maximum atomic E-state index is 5.68. The highest BCUT2D eigenvalue weighted by molar-refractivity contribution is 14.1. The van der Waals surface area contributed by atoms with Crippen LogP contribution in [0.25, 0.3) is 0 Å². The van der Waals surface area contributed by atoms with Crippen molar-refractivity contribution in [3.05, 3.63) is 54.4 Å². The zero-order valence-electron chi connectivity index (χ0n) is 9.71. The Kier molecular flexibility index (Phi) is 5.29. The van der Waals surface area contributed by atoms with Gasteiger partial charge in [0.25, 0.3) is 0 Å². The predicted molar refractivity (Wildman–Crippen MR) is 88.8 cm³/mol. The SMILES string of the molecule is CCNC(c1ccc(Br)o1)c1cc(I)ccc1Br. The first-order chi connectivity index (χ1) is 8.61. The molecule has 0 aliphatic rings. The van der Waals surface area contributed by atoms with Crippen LogP contribution in [0.1, 0.15) is 24.3 Å². The summed E-state index contributed by atoms with van der Waals surface area (Å²) >= 11 is 9.28. The van der Waals surface area contributed by atoms with Gasteiger partial charge in [0, 0.05) is 8.04 Å². The Morgan fingerprint density at radius 1 is 1.28 bits per heavy atom. The molecular formula is C13H12Br2INO. The Labute approximate surface area is 137 Å². The van der Waals surface area contributed by atoms with Crippen molar-refractivity contribution in [1.29, 1.82) is 0 Å². The first-order valence-corrected chi connectivity index (χ1v) is 8.22. The van der Waals surface area contributed by atoms with Crippen LogP contribution in [0, 0.1) is 3.57 Å². The zero-order valence-corrected chi connectivity index (χ0v) is 15.0. The van der Waals surface area contributed by atoms with Crippen LogP contribution in [0.15, 0.2) is 43.9 Å². The molecule has 1 N–H and O–H groups in total. The second-order valence-corrected chi connectivity index (χ2v) is 6.68. The van der Waals surface area contributed by atoms with Gasteiger partial charge in [0.15, 0.2) is 4.67 Å². The van der Waals surface area contributed by atoms with Crippen molar-refractivity contribution in [2.75, 3.05) is 6.54 Å². The molecule has 0 amide bonds. The first kappa shape index (κ1) is 14.6. The zero-order chi connectivity index (χ0) is 13.1. The lowest BCUT2D eigenvalue weighted by Gasteiger charge is -2.18. The van der Waals surface area contributed by atoms with E-state index in [1.807, 2.05) is 12.1 Å². The third-order valence-corrected chi connectivity index (χ3v) is 4.38. The Balaban J connectivity index is 2.44. The molecule has 1 heterocycles. The van der Waals surface area contributed by atoms with Gasteiger partial charge in [-0.15, -0.1) is 0 Å². The summed E-state index contributed by atoms with van der Waals surface area (Å²) in [7, 11) is 0. The summed E-state index contributed by atoms with van der Waals surface area (Å²) in [4.78, 5) is 0. The van der Waals surface area contributed by atoms with E-state index >= 15 is 0 Å². The number of halogens is 3. The Morgan fingerprint density at radius 2 is 2.06 bits per heavy atom. The smallest absolute Gasteiger partial charge is 0.169 e. The number of hydrogen-bond donors (Lipinski definition) is 1. The highest BCUT2D eigenvalue weighted by Gasteiger charge is 2.19. The maximum Gasteiger partial charge on any atom is 0.169 e. The third-order valence-electron chi connectivity index (χ3n) is 2.56. The molecule has 0 saturated heterocycles. The Morgan fingerprint density at radius 3 is 2.67 bits per heavy atom. The quantitative estimate of drug-likeness (QED) is 0.610. The van der Waals surface area contributed by atoms with E-state index < -0.39 is 0 Å². The summed E-state index contributed by atoms with van der Waals surface area (Å²) < 4.78 is 8.72. The second kappa shape index (κ2) is 6.54. The molecule has 2 rings (SSSR count). The third kappa shape index (κ3) is 3.37. The fourth-order valence-corrected chi connectivity index (χ4v) is 3.10. The summed E-state index contributed by atoms with van der Waals surface area (Å²) in [6.45, 7) is 2.97. The molecular weight excluding hydrogens is 473 g/mol. The van der Waals surface area contributed by atoms with Gasteiger partial charge in [-0.3, -0.25) is 0 Å². The average Bonchev–Trinajstić information content (AvgIpc) is 2.76. The van der Waals surface area contributed by atoms with Gasteiger partial charge in [0.05, 0.1) is 6.04 Å². The molecule has 1 aromatic carbocycles. The Bertz CT molecular complexity index is 542. The standard InChI is InChI=1S/C13H12Br2INO/c1-2-17-13(11-5-6-12(15)18-11)9-7-8(16)3-4-10(9)14/h3-7,13,17H,2H2,1H3. The predicted octanol–water partition coefficient (Wildman–Crippen LogP) is 5.11. The Hall–Kier alpha value is 0.150. The van der Waals surface area contributed by atoms with Gasteiger partial charge in [-0.05, 0) is 81.0 Å². The van der Waals surface area contributed by atoms with Crippen molar-refractivity contribution in [3.63, 3.8) is 0 Å². The van der Waals surface area contributed by atoms with E-state index in [1.54, 1.807) is 0 Å².